The van der Waals surface area contributed by atoms with E-state index in [0.717, 1.165) is 23.8 Å². The van der Waals surface area contributed by atoms with Crippen LogP contribution >= 0.6 is 0 Å². The van der Waals surface area contributed by atoms with Crippen LogP contribution in [0.5, 0.6) is 5.75 Å². The zero-order chi connectivity index (χ0) is 28.3. The van der Waals surface area contributed by atoms with Gasteiger partial charge in [0.25, 0.3) is 10.0 Å². The van der Waals surface area contributed by atoms with Gasteiger partial charge in [-0.25, -0.2) is 17.2 Å². The summed E-state index contributed by atoms with van der Waals surface area (Å²) < 4.78 is 63.3. The minimum absolute atomic E-state index is 0.0149. The molecule has 1 aliphatic heterocycles. The highest BCUT2D eigenvalue weighted by Gasteiger charge is 2.35. The molecule has 0 spiro atoms. The number of carboxylic acid groups (broad SMARTS) is 1. The molecule has 3 aromatic rings. The summed E-state index contributed by atoms with van der Waals surface area (Å²) in [6, 6.07) is 13.9. The summed E-state index contributed by atoms with van der Waals surface area (Å²) in [5.74, 6) is -2.39. The zero-order valence-corrected chi connectivity index (χ0v) is 22.2. The molecule has 1 atom stereocenters. The molecule has 11 heteroatoms. The molecule has 0 saturated carbocycles. The smallest absolute Gasteiger partial charge is 0.305 e. The van der Waals surface area contributed by atoms with E-state index in [1.165, 1.54) is 46.6 Å². The summed E-state index contributed by atoms with van der Waals surface area (Å²) in [6.45, 7) is 1.70. The van der Waals surface area contributed by atoms with Crippen molar-refractivity contribution in [2.45, 2.75) is 37.2 Å². The highest BCUT2D eigenvalue weighted by molar-refractivity contribution is 7.92. The molecular formula is C28H28F2N2O6S. The summed E-state index contributed by atoms with van der Waals surface area (Å²) in [4.78, 5) is 24.7. The second kappa shape index (κ2) is 11.4. The van der Waals surface area contributed by atoms with Crippen LogP contribution in [0.2, 0.25) is 0 Å². The summed E-state index contributed by atoms with van der Waals surface area (Å²) in [5.41, 5.74) is 1.15. The second-order valence-corrected chi connectivity index (χ2v) is 11.3. The molecule has 4 rings (SSSR count). The lowest BCUT2D eigenvalue weighted by molar-refractivity contribution is -0.138. The summed E-state index contributed by atoms with van der Waals surface area (Å²) >= 11 is 0. The molecule has 0 radical (unpaired) electrons. The van der Waals surface area contributed by atoms with Crippen molar-refractivity contribution >= 4 is 27.6 Å². The topological polar surface area (TPSA) is 104 Å². The number of fused-ring (bicyclic) bond motifs is 1. The Balaban J connectivity index is 1.67. The van der Waals surface area contributed by atoms with E-state index in [0.29, 0.717) is 0 Å². The Morgan fingerprint density at radius 3 is 2.56 bits per heavy atom. The quantitative estimate of drug-likeness (QED) is 0.411. The van der Waals surface area contributed by atoms with Gasteiger partial charge in [0.05, 0.1) is 23.5 Å². The van der Waals surface area contributed by atoms with Gasteiger partial charge in [0, 0.05) is 25.6 Å². The molecule has 0 aromatic heterocycles. The van der Waals surface area contributed by atoms with E-state index in [-0.39, 0.29) is 65.7 Å². The first-order valence-corrected chi connectivity index (χ1v) is 13.7. The highest BCUT2D eigenvalue weighted by atomic mass is 32.2. The fourth-order valence-corrected chi connectivity index (χ4v) is 5.95. The number of hydrogen-bond donors (Lipinski definition) is 1. The first-order valence-electron chi connectivity index (χ1n) is 12.3. The number of carboxylic acids is 1. The van der Waals surface area contributed by atoms with Crippen LogP contribution in [0, 0.1) is 18.6 Å². The van der Waals surface area contributed by atoms with Crippen LogP contribution in [0.15, 0.2) is 65.6 Å². The van der Waals surface area contributed by atoms with Crippen LogP contribution in [0.25, 0.3) is 11.1 Å². The molecule has 1 amide bonds. The van der Waals surface area contributed by atoms with Gasteiger partial charge in [-0.15, -0.1) is 0 Å². The summed E-state index contributed by atoms with van der Waals surface area (Å²) in [7, 11) is -2.59. The molecule has 0 unspecified atom stereocenters. The van der Waals surface area contributed by atoms with Crippen molar-refractivity contribution in [2.75, 3.05) is 24.4 Å². The third-order valence-corrected chi connectivity index (χ3v) is 8.25. The lowest BCUT2D eigenvalue weighted by atomic mass is 10.0. The number of amides is 1. The Kier molecular flexibility index (Phi) is 8.19. The minimum Gasteiger partial charge on any atom is -0.486 e. The molecule has 0 saturated heterocycles. The number of aliphatic carboxylic acids is 1. The number of nitrogens with zero attached hydrogens (tertiary/aromatic N) is 2. The number of rotatable bonds is 9. The molecule has 0 fully saturated rings. The van der Waals surface area contributed by atoms with Gasteiger partial charge < -0.3 is 14.7 Å². The Morgan fingerprint density at radius 2 is 1.85 bits per heavy atom. The fourth-order valence-electron chi connectivity index (χ4n) is 4.34. The van der Waals surface area contributed by atoms with Gasteiger partial charge >= 0.3 is 5.97 Å². The van der Waals surface area contributed by atoms with Gasteiger partial charge in [0.1, 0.15) is 23.5 Å². The molecule has 206 valence electrons. The fraction of sp³-hybridized carbons (Fsp3) is 0.286. The van der Waals surface area contributed by atoms with E-state index in [1.54, 1.807) is 19.1 Å². The third-order valence-electron chi connectivity index (χ3n) is 6.47. The van der Waals surface area contributed by atoms with Crippen molar-refractivity contribution in [1.29, 1.82) is 0 Å². The van der Waals surface area contributed by atoms with Crippen LogP contribution < -0.4 is 9.04 Å². The van der Waals surface area contributed by atoms with Crippen molar-refractivity contribution in [3.8, 4) is 16.9 Å². The van der Waals surface area contributed by atoms with Crippen molar-refractivity contribution < 1.29 is 36.6 Å². The number of sulfonamides is 1. The van der Waals surface area contributed by atoms with Crippen LogP contribution in [0.3, 0.4) is 0 Å². The average Bonchev–Trinajstić information content (AvgIpc) is 2.90. The number of anilines is 1. The van der Waals surface area contributed by atoms with Crippen molar-refractivity contribution in [3.05, 3.63) is 77.9 Å². The average molecular weight is 559 g/mol. The SMILES string of the molecule is Cc1cccc(S(=O)(=O)N2C[C@H](CCC(=O)N(C)CCC(=O)O)Oc3ccc(-c4cc(F)ccc4F)cc32)c1. The zero-order valence-electron chi connectivity index (χ0n) is 21.4. The van der Waals surface area contributed by atoms with Gasteiger partial charge in [-0.3, -0.25) is 13.9 Å². The molecule has 1 N–H and O–H groups in total. The van der Waals surface area contributed by atoms with Crippen LogP contribution in [-0.4, -0.2) is 56.5 Å². The van der Waals surface area contributed by atoms with Crippen molar-refractivity contribution in [1.82, 2.24) is 4.90 Å². The van der Waals surface area contributed by atoms with Gasteiger partial charge in [-0.05, 0) is 66.9 Å². The molecular weight excluding hydrogens is 530 g/mol. The maximum atomic E-state index is 14.5. The molecule has 8 nitrogen and oxygen atoms in total. The number of ether oxygens (including phenoxy) is 1. The Labute approximate surface area is 225 Å². The number of halogens is 2. The van der Waals surface area contributed by atoms with E-state index in [4.69, 9.17) is 9.84 Å². The molecule has 1 aliphatic rings. The lowest BCUT2D eigenvalue weighted by Crippen LogP contribution is -2.44. The molecule has 0 bridgehead atoms. The monoisotopic (exact) mass is 558 g/mol. The molecule has 3 aromatic carbocycles. The van der Waals surface area contributed by atoms with Crippen LogP contribution in [0.4, 0.5) is 14.5 Å². The van der Waals surface area contributed by atoms with E-state index in [9.17, 15) is 26.8 Å². The Hall–Kier alpha value is -3.99. The van der Waals surface area contributed by atoms with Crippen LogP contribution in [0.1, 0.15) is 24.8 Å². The Morgan fingerprint density at radius 1 is 1.08 bits per heavy atom. The summed E-state index contributed by atoms with van der Waals surface area (Å²) in [6.07, 6.45) is -0.686. The largest absolute Gasteiger partial charge is 0.486 e. The van der Waals surface area contributed by atoms with Crippen molar-refractivity contribution in [2.24, 2.45) is 0 Å². The van der Waals surface area contributed by atoms with E-state index < -0.39 is 33.7 Å². The van der Waals surface area contributed by atoms with Gasteiger partial charge in [-0.1, -0.05) is 18.2 Å². The number of carbonyl (C=O) groups excluding carboxylic acids is 1. The predicted octanol–water partition coefficient (Wildman–Crippen LogP) is 4.61. The second-order valence-electron chi connectivity index (χ2n) is 9.40. The molecule has 39 heavy (non-hydrogen) atoms. The minimum atomic E-state index is -4.10. The normalized spacial score (nSPS) is 14.9. The lowest BCUT2D eigenvalue weighted by Gasteiger charge is -2.36. The number of benzene rings is 3. The maximum Gasteiger partial charge on any atom is 0.305 e. The first-order chi connectivity index (χ1) is 18.5. The summed E-state index contributed by atoms with van der Waals surface area (Å²) in [5, 5.41) is 8.85. The molecule has 0 aliphatic carbocycles. The van der Waals surface area contributed by atoms with Crippen molar-refractivity contribution in [3.63, 3.8) is 0 Å². The Bertz CT molecular complexity index is 1510. The standard InChI is InChI=1S/C28H28F2N2O6S/c1-18-4-3-5-22(14-18)39(36,37)32-17-21(8-11-27(33)31(2)13-12-28(34)35)38-26-10-6-19(15-25(26)32)23-16-20(29)7-9-24(23)30/h3-7,9-10,14-16,21H,8,11-13,17H2,1-2H3,(H,34,35)/t21-/m0/s1. The number of aryl methyl sites for hydroxylation is 1. The van der Waals surface area contributed by atoms with Gasteiger partial charge in [0.2, 0.25) is 5.91 Å². The van der Waals surface area contributed by atoms with E-state index in [2.05, 4.69) is 0 Å². The van der Waals surface area contributed by atoms with Crippen LogP contribution in [-0.2, 0) is 19.6 Å². The maximum absolute atomic E-state index is 14.5. The van der Waals surface area contributed by atoms with E-state index in [1.807, 2.05) is 0 Å². The molecule has 1 heterocycles. The van der Waals surface area contributed by atoms with Gasteiger partial charge in [0.15, 0.2) is 0 Å². The number of carbonyl (C=O) groups is 2. The number of hydrogen-bond acceptors (Lipinski definition) is 5. The van der Waals surface area contributed by atoms with Gasteiger partial charge in [-0.2, -0.15) is 0 Å². The predicted molar refractivity (Wildman–Crippen MR) is 141 cm³/mol. The first kappa shape index (κ1) is 28.0. The third kappa shape index (κ3) is 6.36. The highest BCUT2D eigenvalue weighted by Crippen LogP contribution is 2.41. The van der Waals surface area contributed by atoms with E-state index >= 15 is 0 Å².